The summed E-state index contributed by atoms with van der Waals surface area (Å²) in [6.45, 7) is 3.81. The minimum absolute atomic E-state index is 0. The monoisotopic (exact) mass is 411 g/mol. The van der Waals surface area contributed by atoms with Gasteiger partial charge in [-0.1, -0.05) is 28.1 Å². The van der Waals surface area contributed by atoms with Crippen molar-refractivity contribution >= 4 is 45.9 Å². The van der Waals surface area contributed by atoms with Crippen molar-refractivity contribution in [2.45, 2.75) is 13.5 Å². The van der Waals surface area contributed by atoms with Gasteiger partial charge in [-0.25, -0.2) is 0 Å². The van der Waals surface area contributed by atoms with E-state index in [0.717, 1.165) is 23.5 Å². The van der Waals surface area contributed by atoms with Gasteiger partial charge in [0.2, 0.25) is 0 Å². The maximum Gasteiger partial charge on any atom is 0.193 e. The number of benzene rings is 1. The van der Waals surface area contributed by atoms with Crippen LogP contribution in [0.15, 0.2) is 33.7 Å². The van der Waals surface area contributed by atoms with Gasteiger partial charge in [0, 0.05) is 31.7 Å². The van der Waals surface area contributed by atoms with Crippen LogP contribution in [0.25, 0.3) is 0 Å². The van der Waals surface area contributed by atoms with Crippen LogP contribution in [0.2, 0.25) is 0 Å². The summed E-state index contributed by atoms with van der Waals surface area (Å²) in [5, 5.41) is 3.23. The fourth-order valence-electron chi connectivity index (χ4n) is 1.48. The maximum atomic E-state index is 4.21. The Hall–Kier alpha value is -0.300. The second kappa shape index (κ2) is 8.74. The van der Waals surface area contributed by atoms with Gasteiger partial charge in [0.1, 0.15) is 0 Å². The Morgan fingerprint density at radius 3 is 2.41 bits per heavy atom. The highest BCUT2D eigenvalue weighted by Gasteiger charge is 2.04. The fraction of sp³-hybridized carbons (Fsp3) is 0.417. The standard InChI is InChI=1S/C12H18BrN3.HI/c1-4-15-12(14-2)16(3)9-10-5-7-11(13)8-6-10;/h5-8H,4,9H2,1-3H3,(H,14,15);1H. The van der Waals surface area contributed by atoms with Crippen molar-refractivity contribution in [3.63, 3.8) is 0 Å². The highest BCUT2D eigenvalue weighted by molar-refractivity contribution is 14.0. The predicted molar refractivity (Wildman–Crippen MR) is 88.1 cm³/mol. The summed E-state index contributed by atoms with van der Waals surface area (Å²) >= 11 is 3.43. The molecule has 1 rings (SSSR count). The van der Waals surface area contributed by atoms with Gasteiger partial charge in [0.25, 0.3) is 0 Å². The quantitative estimate of drug-likeness (QED) is 0.470. The van der Waals surface area contributed by atoms with E-state index in [9.17, 15) is 0 Å². The van der Waals surface area contributed by atoms with Gasteiger partial charge in [-0.3, -0.25) is 4.99 Å². The number of nitrogens with one attached hydrogen (secondary N) is 1. The van der Waals surface area contributed by atoms with Crippen molar-refractivity contribution in [2.75, 3.05) is 20.6 Å². The molecule has 0 fully saturated rings. The van der Waals surface area contributed by atoms with Crippen molar-refractivity contribution in [3.05, 3.63) is 34.3 Å². The Morgan fingerprint density at radius 2 is 1.94 bits per heavy atom. The molecule has 0 spiro atoms. The van der Waals surface area contributed by atoms with E-state index >= 15 is 0 Å². The number of guanidine groups is 1. The predicted octanol–water partition coefficient (Wildman–Crippen LogP) is 3.09. The van der Waals surface area contributed by atoms with E-state index < -0.39 is 0 Å². The second-order valence-corrected chi connectivity index (χ2v) is 4.48. The van der Waals surface area contributed by atoms with Gasteiger partial charge < -0.3 is 10.2 Å². The molecule has 1 N–H and O–H groups in total. The van der Waals surface area contributed by atoms with Crippen molar-refractivity contribution in [1.29, 1.82) is 0 Å². The first-order valence-corrected chi connectivity index (χ1v) is 6.13. The van der Waals surface area contributed by atoms with E-state index in [-0.39, 0.29) is 24.0 Å². The van der Waals surface area contributed by atoms with Gasteiger partial charge >= 0.3 is 0 Å². The zero-order valence-corrected chi connectivity index (χ0v) is 14.3. The minimum Gasteiger partial charge on any atom is -0.357 e. The van der Waals surface area contributed by atoms with Crippen LogP contribution in [0.4, 0.5) is 0 Å². The van der Waals surface area contributed by atoms with Gasteiger partial charge in [0.15, 0.2) is 5.96 Å². The van der Waals surface area contributed by atoms with Crippen molar-refractivity contribution in [1.82, 2.24) is 10.2 Å². The van der Waals surface area contributed by atoms with Gasteiger partial charge in [-0.15, -0.1) is 24.0 Å². The van der Waals surface area contributed by atoms with Crippen LogP contribution in [0.3, 0.4) is 0 Å². The van der Waals surface area contributed by atoms with E-state index in [0.29, 0.717) is 0 Å². The number of halogens is 2. The topological polar surface area (TPSA) is 27.6 Å². The molecule has 0 atom stereocenters. The van der Waals surface area contributed by atoms with Crippen molar-refractivity contribution < 1.29 is 0 Å². The molecule has 0 amide bonds. The van der Waals surface area contributed by atoms with E-state index in [1.165, 1.54) is 5.56 Å². The molecule has 0 aliphatic heterocycles. The highest BCUT2D eigenvalue weighted by Crippen LogP contribution is 2.11. The molecule has 5 heteroatoms. The maximum absolute atomic E-state index is 4.21. The molecule has 0 saturated carbocycles. The Bertz CT molecular complexity index is 351. The molecule has 0 aliphatic carbocycles. The lowest BCUT2D eigenvalue weighted by Crippen LogP contribution is -2.38. The third-order valence-corrected chi connectivity index (χ3v) is 2.77. The third kappa shape index (κ3) is 5.72. The molecule has 96 valence electrons. The largest absolute Gasteiger partial charge is 0.357 e. The Balaban J connectivity index is 0.00000256. The van der Waals surface area contributed by atoms with Crippen molar-refractivity contribution in [3.8, 4) is 0 Å². The van der Waals surface area contributed by atoms with Crippen LogP contribution in [0, 0.1) is 0 Å². The average molecular weight is 412 g/mol. The first kappa shape index (κ1) is 16.7. The van der Waals surface area contributed by atoms with Crippen LogP contribution >= 0.6 is 39.9 Å². The summed E-state index contributed by atoms with van der Waals surface area (Å²) < 4.78 is 1.11. The molecule has 0 heterocycles. The number of aliphatic imine (C=N–C) groups is 1. The lowest BCUT2D eigenvalue weighted by atomic mass is 10.2. The van der Waals surface area contributed by atoms with Crippen LogP contribution < -0.4 is 5.32 Å². The summed E-state index contributed by atoms with van der Waals surface area (Å²) in [7, 11) is 3.84. The summed E-state index contributed by atoms with van der Waals surface area (Å²) in [6.07, 6.45) is 0. The molecule has 1 aromatic rings. The highest BCUT2D eigenvalue weighted by atomic mass is 127. The summed E-state index contributed by atoms with van der Waals surface area (Å²) in [4.78, 5) is 6.32. The molecular formula is C12H19BrIN3. The third-order valence-electron chi connectivity index (χ3n) is 2.24. The van der Waals surface area contributed by atoms with Crippen LogP contribution in [0.5, 0.6) is 0 Å². The molecule has 17 heavy (non-hydrogen) atoms. The molecule has 0 radical (unpaired) electrons. The normalized spacial score (nSPS) is 10.7. The number of hydrogen-bond donors (Lipinski definition) is 1. The number of rotatable bonds is 3. The summed E-state index contributed by atoms with van der Waals surface area (Å²) in [5.74, 6) is 0.922. The lowest BCUT2D eigenvalue weighted by molar-refractivity contribution is 0.479. The van der Waals surface area contributed by atoms with E-state index in [1.807, 2.05) is 7.05 Å². The van der Waals surface area contributed by atoms with E-state index in [4.69, 9.17) is 0 Å². The van der Waals surface area contributed by atoms with Crippen LogP contribution in [0.1, 0.15) is 12.5 Å². The van der Waals surface area contributed by atoms with Crippen LogP contribution in [-0.4, -0.2) is 31.5 Å². The Morgan fingerprint density at radius 1 is 1.35 bits per heavy atom. The zero-order chi connectivity index (χ0) is 12.0. The van der Waals surface area contributed by atoms with Gasteiger partial charge in [-0.2, -0.15) is 0 Å². The minimum atomic E-state index is 0. The summed E-state index contributed by atoms with van der Waals surface area (Å²) in [5.41, 5.74) is 1.27. The first-order valence-electron chi connectivity index (χ1n) is 5.33. The lowest BCUT2D eigenvalue weighted by Gasteiger charge is -2.21. The van der Waals surface area contributed by atoms with E-state index in [1.54, 1.807) is 7.05 Å². The number of nitrogens with zero attached hydrogens (tertiary/aromatic N) is 2. The van der Waals surface area contributed by atoms with E-state index in [2.05, 4.69) is 62.3 Å². The fourth-order valence-corrected chi connectivity index (χ4v) is 1.75. The molecular weight excluding hydrogens is 393 g/mol. The number of hydrogen-bond acceptors (Lipinski definition) is 1. The molecule has 1 aromatic carbocycles. The van der Waals surface area contributed by atoms with Crippen LogP contribution in [-0.2, 0) is 6.54 Å². The molecule has 0 bridgehead atoms. The van der Waals surface area contributed by atoms with Gasteiger partial charge in [0.05, 0.1) is 0 Å². The van der Waals surface area contributed by atoms with Crippen molar-refractivity contribution in [2.24, 2.45) is 4.99 Å². The molecule has 3 nitrogen and oxygen atoms in total. The summed E-state index contributed by atoms with van der Waals surface area (Å²) in [6, 6.07) is 8.33. The smallest absolute Gasteiger partial charge is 0.193 e. The van der Waals surface area contributed by atoms with Gasteiger partial charge in [-0.05, 0) is 24.6 Å². The SMILES string of the molecule is CCNC(=NC)N(C)Cc1ccc(Br)cc1.I. The molecule has 0 aliphatic rings. The Labute approximate surface area is 129 Å². The first-order chi connectivity index (χ1) is 7.67. The molecule has 0 aromatic heterocycles. The zero-order valence-electron chi connectivity index (χ0n) is 10.4. The average Bonchev–Trinajstić information content (AvgIpc) is 2.29. The molecule has 0 unspecified atom stereocenters. The second-order valence-electron chi connectivity index (χ2n) is 3.56. The molecule has 0 saturated heterocycles. The Kier molecular flexibility index (Phi) is 8.59.